The Bertz CT molecular complexity index is 1010. The molecule has 8 nitrogen and oxygen atoms in total. The predicted molar refractivity (Wildman–Crippen MR) is 105 cm³/mol. The smallest absolute Gasteiger partial charge is 0.243 e. The van der Waals surface area contributed by atoms with Crippen molar-refractivity contribution in [3.05, 3.63) is 54.1 Å². The SMILES string of the molecule is COc1ccc(CCN(C/C=N/O)S(=O)(=O)c2ccc(S(C)(=O)=O)cc2)cc1. The van der Waals surface area contributed by atoms with Gasteiger partial charge in [-0.25, -0.2) is 16.8 Å². The molecule has 0 aliphatic carbocycles. The zero-order valence-electron chi connectivity index (χ0n) is 15.5. The Morgan fingerprint density at radius 2 is 1.57 bits per heavy atom. The van der Waals surface area contributed by atoms with Crippen LogP contribution in [0, 0.1) is 0 Å². The number of ether oxygens (including phenoxy) is 1. The van der Waals surface area contributed by atoms with Crippen LogP contribution in [-0.2, 0) is 26.3 Å². The number of rotatable bonds is 9. The second-order valence-electron chi connectivity index (χ2n) is 6.00. The molecule has 0 heterocycles. The summed E-state index contributed by atoms with van der Waals surface area (Å²) in [6, 6.07) is 12.3. The number of oxime groups is 1. The van der Waals surface area contributed by atoms with Crippen molar-refractivity contribution in [1.29, 1.82) is 0 Å². The number of sulfone groups is 1. The number of sulfonamides is 1. The van der Waals surface area contributed by atoms with E-state index in [4.69, 9.17) is 9.94 Å². The summed E-state index contributed by atoms with van der Waals surface area (Å²) in [6.07, 6.45) is 2.57. The van der Waals surface area contributed by atoms with Crippen LogP contribution in [0.3, 0.4) is 0 Å². The number of benzene rings is 2. The summed E-state index contributed by atoms with van der Waals surface area (Å²) in [5.74, 6) is 0.701. The van der Waals surface area contributed by atoms with Crippen molar-refractivity contribution in [1.82, 2.24) is 4.31 Å². The topological polar surface area (TPSA) is 113 Å². The van der Waals surface area contributed by atoms with Gasteiger partial charge >= 0.3 is 0 Å². The molecular weight excluding hydrogens is 404 g/mol. The van der Waals surface area contributed by atoms with E-state index in [1.165, 1.54) is 24.3 Å². The Labute approximate surface area is 165 Å². The standard InChI is InChI=1S/C18H22N2O6S2/c1-26-16-5-3-15(4-6-16)11-13-20(14-12-19-21)28(24,25)18-9-7-17(8-10-18)27(2,22)23/h3-10,12,21H,11,13-14H2,1-2H3/b19-12+. The third kappa shape index (κ3) is 5.54. The molecule has 0 amide bonds. The lowest BCUT2D eigenvalue weighted by molar-refractivity contribution is 0.318. The van der Waals surface area contributed by atoms with Crippen LogP contribution in [0.4, 0.5) is 0 Å². The lowest BCUT2D eigenvalue weighted by Gasteiger charge is -2.20. The van der Waals surface area contributed by atoms with Gasteiger partial charge in [-0.2, -0.15) is 4.31 Å². The van der Waals surface area contributed by atoms with Gasteiger partial charge in [0.25, 0.3) is 0 Å². The van der Waals surface area contributed by atoms with Crippen LogP contribution in [0.1, 0.15) is 5.56 Å². The van der Waals surface area contributed by atoms with Gasteiger partial charge in [0.2, 0.25) is 10.0 Å². The number of nitrogens with zero attached hydrogens (tertiary/aromatic N) is 2. The first-order valence-corrected chi connectivity index (χ1v) is 11.6. The lowest BCUT2D eigenvalue weighted by atomic mass is 10.1. The highest BCUT2D eigenvalue weighted by Crippen LogP contribution is 2.19. The van der Waals surface area contributed by atoms with Crippen molar-refractivity contribution in [3.63, 3.8) is 0 Å². The van der Waals surface area contributed by atoms with Crippen molar-refractivity contribution in [3.8, 4) is 5.75 Å². The average molecular weight is 427 g/mol. The fourth-order valence-electron chi connectivity index (χ4n) is 2.49. The molecule has 0 aliphatic rings. The molecule has 0 unspecified atom stereocenters. The molecular formula is C18H22N2O6S2. The Balaban J connectivity index is 2.24. The molecule has 0 atom stereocenters. The fraction of sp³-hybridized carbons (Fsp3) is 0.278. The number of hydrogen-bond acceptors (Lipinski definition) is 7. The first-order valence-electron chi connectivity index (χ1n) is 8.27. The van der Waals surface area contributed by atoms with Crippen LogP contribution in [0.25, 0.3) is 0 Å². The van der Waals surface area contributed by atoms with Crippen LogP contribution in [0.2, 0.25) is 0 Å². The summed E-state index contributed by atoms with van der Waals surface area (Å²) in [4.78, 5) is -0.00544. The third-order valence-corrected chi connectivity index (χ3v) is 7.07. The minimum atomic E-state index is -3.91. The maximum atomic E-state index is 12.9. The normalized spacial score (nSPS) is 12.5. The van der Waals surface area contributed by atoms with Crippen molar-refractivity contribution in [2.45, 2.75) is 16.2 Å². The summed E-state index contributed by atoms with van der Waals surface area (Å²) < 4.78 is 55.2. The number of methoxy groups -OCH3 is 1. The first-order chi connectivity index (χ1) is 13.2. The zero-order chi connectivity index (χ0) is 20.8. The van der Waals surface area contributed by atoms with E-state index in [1.54, 1.807) is 19.2 Å². The Kier molecular flexibility index (Phi) is 7.17. The van der Waals surface area contributed by atoms with Crippen LogP contribution >= 0.6 is 0 Å². The zero-order valence-corrected chi connectivity index (χ0v) is 17.1. The molecule has 28 heavy (non-hydrogen) atoms. The summed E-state index contributed by atoms with van der Waals surface area (Å²) in [5.41, 5.74) is 0.911. The highest BCUT2D eigenvalue weighted by atomic mass is 32.2. The van der Waals surface area contributed by atoms with Gasteiger partial charge in [0.05, 0.1) is 29.7 Å². The van der Waals surface area contributed by atoms with Gasteiger partial charge in [0.1, 0.15) is 5.75 Å². The lowest BCUT2D eigenvalue weighted by Crippen LogP contribution is -2.34. The molecule has 0 saturated carbocycles. The Morgan fingerprint density at radius 3 is 2.07 bits per heavy atom. The second-order valence-corrected chi connectivity index (χ2v) is 9.96. The van der Waals surface area contributed by atoms with E-state index in [1.807, 2.05) is 12.1 Å². The average Bonchev–Trinajstić information content (AvgIpc) is 2.67. The van der Waals surface area contributed by atoms with E-state index in [0.717, 1.165) is 22.3 Å². The van der Waals surface area contributed by atoms with Crippen LogP contribution in [-0.4, -0.2) is 59.0 Å². The molecule has 0 radical (unpaired) electrons. The van der Waals surface area contributed by atoms with Gasteiger partial charge in [-0.15, -0.1) is 5.16 Å². The fourth-order valence-corrected chi connectivity index (χ4v) is 4.49. The van der Waals surface area contributed by atoms with E-state index in [-0.39, 0.29) is 22.9 Å². The van der Waals surface area contributed by atoms with E-state index >= 15 is 0 Å². The van der Waals surface area contributed by atoms with Crippen molar-refractivity contribution >= 4 is 26.1 Å². The van der Waals surface area contributed by atoms with Gasteiger partial charge in [-0.05, 0) is 48.4 Å². The molecule has 2 aromatic carbocycles. The minimum Gasteiger partial charge on any atom is -0.497 e. The monoisotopic (exact) mass is 426 g/mol. The Hall–Kier alpha value is -2.43. The maximum Gasteiger partial charge on any atom is 0.243 e. The third-order valence-electron chi connectivity index (χ3n) is 4.07. The molecule has 10 heteroatoms. The van der Waals surface area contributed by atoms with E-state index in [0.29, 0.717) is 12.2 Å². The molecule has 1 N–H and O–H groups in total. The van der Waals surface area contributed by atoms with Crippen molar-refractivity contribution in [2.24, 2.45) is 5.16 Å². The molecule has 0 aromatic heterocycles. The van der Waals surface area contributed by atoms with Gasteiger partial charge in [-0.1, -0.05) is 12.1 Å². The molecule has 2 rings (SSSR count). The highest BCUT2D eigenvalue weighted by Gasteiger charge is 2.24. The molecule has 0 fully saturated rings. The van der Waals surface area contributed by atoms with Crippen molar-refractivity contribution < 1.29 is 26.8 Å². The maximum absolute atomic E-state index is 12.9. The van der Waals surface area contributed by atoms with Gasteiger partial charge in [0.15, 0.2) is 9.84 Å². The summed E-state index contributed by atoms with van der Waals surface area (Å²) >= 11 is 0. The largest absolute Gasteiger partial charge is 0.497 e. The quantitative estimate of drug-likeness (QED) is 0.372. The van der Waals surface area contributed by atoms with E-state index in [2.05, 4.69) is 5.16 Å². The molecule has 0 bridgehead atoms. The molecule has 0 spiro atoms. The summed E-state index contributed by atoms with van der Waals surface area (Å²) in [7, 11) is -5.77. The molecule has 0 aliphatic heterocycles. The highest BCUT2D eigenvalue weighted by molar-refractivity contribution is 7.90. The van der Waals surface area contributed by atoms with Gasteiger partial charge in [0, 0.05) is 12.8 Å². The number of hydrogen-bond donors (Lipinski definition) is 1. The minimum absolute atomic E-state index is 0.0353. The molecule has 152 valence electrons. The molecule has 0 saturated heterocycles. The van der Waals surface area contributed by atoms with E-state index < -0.39 is 19.9 Å². The second kappa shape index (κ2) is 9.18. The van der Waals surface area contributed by atoms with Crippen molar-refractivity contribution in [2.75, 3.05) is 26.5 Å². The summed E-state index contributed by atoms with van der Waals surface area (Å²) in [5, 5.41) is 11.6. The van der Waals surface area contributed by atoms with Gasteiger partial charge < -0.3 is 9.94 Å². The van der Waals surface area contributed by atoms with Gasteiger partial charge in [-0.3, -0.25) is 0 Å². The van der Waals surface area contributed by atoms with Crippen LogP contribution < -0.4 is 4.74 Å². The van der Waals surface area contributed by atoms with E-state index in [9.17, 15) is 16.8 Å². The van der Waals surface area contributed by atoms with Crippen LogP contribution in [0.15, 0.2) is 63.5 Å². The molecule has 2 aromatic rings. The summed E-state index contributed by atoms with van der Waals surface area (Å²) in [6.45, 7) is 0.0251. The predicted octanol–water partition coefficient (Wildman–Crippen LogP) is 1.79. The van der Waals surface area contributed by atoms with Crippen LogP contribution in [0.5, 0.6) is 5.75 Å². The first kappa shape index (κ1) is 21.9. The Morgan fingerprint density at radius 1 is 1.00 bits per heavy atom.